The molecule has 0 aliphatic rings. The summed E-state index contributed by atoms with van der Waals surface area (Å²) in [7, 11) is 1.73. The lowest BCUT2D eigenvalue weighted by Crippen LogP contribution is -2.36. The maximum atomic E-state index is 6.08. The molecule has 7 heteroatoms. The number of hydrogen-bond acceptors (Lipinski definition) is 4. The SMILES string of the molecule is CN=C(NCc1nc(C)c(C)o1)NCc1ccc(C)cc1Oc1ccccc1.I. The minimum Gasteiger partial charge on any atom is -0.457 e. The van der Waals surface area contributed by atoms with Crippen LogP contribution in [-0.4, -0.2) is 18.0 Å². The number of oxazole rings is 1. The van der Waals surface area contributed by atoms with Crippen LogP contribution in [0.5, 0.6) is 11.5 Å². The Morgan fingerprint density at radius 1 is 1.03 bits per heavy atom. The maximum Gasteiger partial charge on any atom is 0.214 e. The van der Waals surface area contributed by atoms with E-state index in [2.05, 4.69) is 39.7 Å². The smallest absolute Gasteiger partial charge is 0.214 e. The van der Waals surface area contributed by atoms with Gasteiger partial charge in [0.1, 0.15) is 17.3 Å². The molecule has 2 aromatic carbocycles. The van der Waals surface area contributed by atoms with Crippen molar-refractivity contribution in [2.45, 2.75) is 33.9 Å². The first-order chi connectivity index (χ1) is 13.5. The number of rotatable bonds is 6. The van der Waals surface area contributed by atoms with Crippen LogP contribution in [0.25, 0.3) is 0 Å². The number of nitrogens with one attached hydrogen (secondary N) is 2. The molecule has 1 heterocycles. The third kappa shape index (κ3) is 6.49. The standard InChI is InChI=1S/C22H26N4O2.HI/c1-15-10-11-18(20(12-15)28-19-8-6-5-7-9-19)13-24-22(23-4)25-14-21-26-16(2)17(3)27-21;/h5-12H,13-14H2,1-4H3,(H2,23,24,25);1H. The van der Waals surface area contributed by atoms with Gasteiger partial charge in [0, 0.05) is 19.2 Å². The van der Waals surface area contributed by atoms with Crippen LogP contribution in [-0.2, 0) is 13.1 Å². The summed E-state index contributed by atoms with van der Waals surface area (Å²) in [5.41, 5.74) is 3.09. The number of halogens is 1. The van der Waals surface area contributed by atoms with Gasteiger partial charge in [0.25, 0.3) is 0 Å². The van der Waals surface area contributed by atoms with Crippen molar-refractivity contribution < 1.29 is 9.15 Å². The van der Waals surface area contributed by atoms with Gasteiger partial charge in [-0.05, 0) is 44.5 Å². The molecule has 0 radical (unpaired) electrons. The van der Waals surface area contributed by atoms with E-state index in [9.17, 15) is 0 Å². The molecule has 2 N–H and O–H groups in total. The molecule has 0 amide bonds. The van der Waals surface area contributed by atoms with Gasteiger partial charge in [-0.1, -0.05) is 30.3 Å². The quantitative estimate of drug-likeness (QED) is 0.284. The molecule has 0 fully saturated rings. The van der Waals surface area contributed by atoms with E-state index in [0.29, 0.717) is 24.9 Å². The lowest BCUT2D eigenvalue weighted by molar-refractivity contribution is 0.463. The lowest BCUT2D eigenvalue weighted by atomic mass is 10.1. The van der Waals surface area contributed by atoms with E-state index in [1.54, 1.807) is 7.05 Å². The van der Waals surface area contributed by atoms with Gasteiger partial charge in [0.15, 0.2) is 5.96 Å². The molecule has 154 valence electrons. The van der Waals surface area contributed by atoms with E-state index in [1.165, 1.54) is 0 Å². The predicted octanol–water partition coefficient (Wildman–Crippen LogP) is 4.88. The first-order valence-corrected chi connectivity index (χ1v) is 9.25. The highest BCUT2D eigenvalue weighted by atomic mass is 127. The molecule has 0 saturated carbocycles. The molecule has 3 rings (SSSR count). The third-order valence-electron chi connectivity index (χ3n) is 4.34. The van der Waals surface area contributed by atoms with E-state index in [1.807, 2.05) is 50.2 Å². The molecule has 6 nitrogen and oxygen atoms in total. The zero-order chi connectivity index (χ0) is 19.9. The predicted molar refractivity (Wildman–Crippen MR) is 126 cm³/mol. The minimum atomic E-state index is 0. The molecular weight excluding hydrogens is 479 g/mol. The van der Waals surface area contributed by atoms with Crippen LogP contribution in [0.4, 0.5) is 0 Å². The van der Waals surface area contributed by atoms with E-state index in [0.717, 1.165) is 34.1 Å². The zero-order valence-electron chi connectivity index (χ0n) is 17.2. The molecule has 0 unspecified atom stereocenters. The molecule has 1 aromatic heterocycles. The Hall–Kier alpha value is -2.55. The third-order valence-corrected chi connectivity index (χ3v) is 4.34. The summed E-state index contributed by atoms with van der Waals surface area (Å²) in [6, 6.07) is 16.0. The molecule has 0 spiro atoms. The van der Waals surface area contributed by atoms with Crippen LogP contribution < -0.4 is 15.4 Å². The Balaban J connectivity index is 0.00000300. The second kappa shape index (κ2) is 10.8. The minimum absolute atomic E-state index is 0. The number of aliphatic imine (C=N–C) groups is 1. The average molecular weight is 506 g/mol. The van der Waals surface area contributed by atoms with Crippen LogP contribution in [0.2, 0.25) is 0 Å². The van der Waals surface area contributed by atoms with Crippen LogP contribution in [0.1, 0.15) is 28.5 Å². The van der Waals surface area contributed by atoms with Crippen LogP contribution in [0, 0.1) is 20.8 Å². The maximum absolute atomic E-state index is 6.08. The molecule has 3 aromatic rings. The molecule has 0 saturated heterocycles. The molecule has 0 aliphatic carbocycles. The number of aromatic nitrogens is 1. The second-order valence-corrected chi connectivity index (χ2v) is 6.55. The average Bonchev–Trinajstić information content (AvgIpc) is 3.01. The van der Waals surface area contributed by atoms with Crippen molar-refractivity contribution in [2.24, 2.45) is 4.99 Å². The number of ether oxygens (including phenoxy) is 1. The first kappa shape index (κ1) is 22.7. The number of guanidine groups is 1. The number of benzene rings is 2. The van der Waals surface area contributed by atoms with Crippen LogP contribution in [0.15, 0.2) is 57.9 Å². The number of hydrogen-bond donors (Lipinski definition) is 2. The Morgan fingerprint density at radius 3 is 2.41 bits per heavy atom. The molecule has 0 atom stereocenters. The highest BCUT2D eigenvalue weighted by molar-refractivity contribution is 14.0. The van der Waals surface area contributed by atoms with E-state index in [-0.39, 0.29) is 24.0 Å². The normalized spacial score (nSPS) is 11.0. The summed E-state index contributed by atoms with van der Waals surface area (Å²) in [6.07, 6.45) is 0. The zero-order valence-corrected chi connectivity index (χ0v) is 19.5. The van der Waals surface area contributed by atoms with Crippen molar-refractivity contribution in [3.63, 3.8) is 0 Å². The highest BCUT2D eigenvalue weighted by Crippen LogP contribution is 2.26. The van der Waals surface area contributed by atoms with Gasteiger partial charge >= 0.3 is 0 Å². The Labute approximate surface area is 188 Å². The van der Waals surface area contributed by atoms with Crippen molar-refractivity contribution >= 4 is 29.9 Å². The van der Waals surface area contributed by atoms with Gasteiger partial charge in [-0.25, -0.2) is 4.98 Å². The van der Waals surface area contributed by atoms with Gasteiger partial charge in [0.05, 0.1) is 12.2 Å². The van der Waals surface area contributed by atoms with Crippen LogP contribution >= 0.6 is 24.0 Å². The number of nitrogens with zero attached hydrogens (tertiary/aromatic N) is 2. The van der Waals surface area contributed by atoms with Crippen molar-refractivity contribution in [3.05, 3.63) is 77.0 Å². The van der Waals surface area contributed by atoms with E-state index >= 15 is 0 Å². The molecule has 29 heavy (non-hydrogen) atoms. The highest BCUT2D eigenvalue weighted by Gasteiger charge is 2.09. The van der Waals surface area contributed by atoms with Gasteiger partial charge in [-0.2, -0.15) is 0 Å². The Bertz CT molecular complexity index is 935. The fourth-order valence-corrected chi connectivity index (χ4v) is 2.69. The van der Waals surface area contributed by atoms with E-state index < -0.39 is 0 Å². The summed E-state index contributed by atoms with van der Waals surface area (Å²) in [5.74, 6) is 3.78. The lowest BCUT2D eigenvalue weighted by Gasteiger charge is -2.15. The van der Waals surface area contributed by atoms with Crippen molar-refractivity contribution in [2.75, 3.05) is 7.05 Å². The summed E-state index contributed by atoms with van der Waals surface area (Å²) in [6.45, 7) is 6.93. The largest absolute Gasteiger partial charge is 0.457 e. The summed E-state index contributed by atoms with van der Waals surface area (Å²) >= 11 is 0. The fourth-order valence-electron chi connectivity index (χ4n) is 2.69. The number of aryl methyl sites for hydroxylation is 3. The van der Waals surface area contributed by atoms with Crippen LogP contribution in [0.3, 0.4) is 0 Å². The van der Waals surface area contributed by atoms with E-state index in [4.69, 9.17) is 9.15 Å². The fraction of sp³-hybridized carbons (Fsp3) is 0.273. The molecule has 0 aliphatic heterocycles. The second-order valence-electron chi connectivity index (χ2n) is 6.55. The van der Waals surface area contributed by atoms with Gasteiger partial charge in [-0.15, -0.1) is 24.0 Å². The first-order valence-electron chi connectivity index (χ1n) is 9.25. The molecular formula is C22H27IN4O2. The monoisotopic (exact) mass is 506 g/mol. The summed E-state index contributed by atoms with van der Waals surface area (Å²) in [4.78, 5) is 8.64. The summed E-state index contributed by atoms with van der Waals surface area (Å²) < 4.78 is 11.7. The van der Waals surface area contributed by atoms with Gasteiger partial charge in [-0.3, -0.25) is 4.99 Å². The Kier molecular flexibility index (Phi) is 8.50. The van der Waals surface area contributed by atoms with Crippen molar-refractivity contribution in [3.8, 4) is 11.5 Å². The topological polar surface area (TPSA) is 71.7 Å². The number of para-hydroxylation sites is 1. The summed E-state index contributed by atoms with van der Waals surface area (Å²) in [5, 5.41) is 6.53. The van der Waals surface area contributed by atoms with Crippen molar-refractivity contribution in [1.29, 1.82) is 0 Å². The Morgan fingerprint density at radius 2 is 1.76 bits per heavy atom. The van der Waals surface area contributed by atoms with Gasteiger partial charge in [0.2, 0.25) is 5.89 Å². The molecule has 0 bridgehead atoms. The van der Waals surface area contributed by atoms with Gasteiger partial charge < -0.3 is 19.8 Å². The van der Waals surface area contributed by atoms with Crippen molar-refractivity contribution in [1.82, 2.24) is 15.6 Å².